The third kappa shape index (κ3) is 3.42. The fourth-order valence-electron chi connectivity index (χ4n) is 1.80. The van der Waals surface area contributed by atoms with E-state index in [9.17, 15) is 0 Å². The molecule has 0 amide bonds. The fourth-order valence-corrected chi connectivity index (χ4v) is 1.80. The van der Waals surface area contributed by atoms with Gasteiger partial charge >= 0.3 is 0 Å². The van der Waals surface area contributed by atoms with E-state index in [1.165, 1.54) is 0 Å². The van der Waals surface area contributed by atoms with Gasteiger partial charge in [0.05, 0.1) is 14.2 Å². The lowest BCUT2D eigenvalue weighted by Gasteiger charge is -2.12. The van der Waals surface area contributed by atoms with Gasteiger partial charge in [0.25, 0.3) is 0 Å². The van der Waals surface area contributed by atoms with Gasteiger partial charge in [0.15, 0.2) is 0 Å². The molecule has 0 saturated carbocycles. The average Bonchev–Trinajstić information content (AvgIpc) is 2.34. The maximum absolute atomic E-state index is 5.47. The van der Waals surface area contributed by atoms with Crippen LogP contribution in [-0.2, 0) is 6.42 Å². The Hall–Kier alpha value is -1.22. The molecule has 16 heavy (non-hydrogen) atoms. The summed E-state index contributed by atoms with van der Waals surface area (Å²) in [5, 5.41) is 0. The number of methoxy groups -OCH3 is 2. The molecule has 1 aromatic rings. The van der Waals surface area contributed by atoms with E-state index >= 15 is 0 Å². The summed E-state index contributed by atoms with van der Waals surface area (Å²) < 4.78 is 10.7. The topological polar surface area (TPSA) is 44.5 Å². The van der Waals surface area contributed by atoms with Crippen LogP contribution in [0.25, 0.3) is 0 Å². The normalized spacial score (nSPS) is 10.2. The van der Waals surface area contributed by atoms with Crippen LogP contribution in [0, 0.1) is 0 Å². The molecule has 0 fully saturated rings. The van der Waals surface area contributed by atoms with Crippen LogP contribution in [-0.4, -0.2) is 20.8 Å². The van der Waals surface area contributed by atoms with Crippen LogP contribution < -0.4 is 15.2 Å². The van der Waals surface area contributed by atoms with E-state index in [2.05, 4.69) is 0 Å². The third-order valence-electron chi connectivity index (χ3n) is 2.66. The Morgan fingerprint density at radius 2 is 1.62 bits per heavy atom. The Kier molecular flexibility index (Phi) is 5.72. The number of hydrogen-bond donors (Lipinski definition) is 1. The van der Waals surface area contributed by atoms with Crippen LogP contribution in [0.15, 0.2) is 18.2 Å². The van der Waals surface area contributed by atoms with Crippen molar-refractivity contribution < 1.29 is 9.47 Å². The maximum Gasteiger partial charge on any atom is 0.125 e. The van der Waals surface area contributed by atoms with Gasteiger partial charge in [-0.05, 0) is 37.9 Å². The molecule has 0 aromatic heterocycles. The van der Waals surface area contributed by atoms with Crippen molar-refractivity contribution >= 4 is 0 Å². The number of hydrogen-bond acceptors (Lipinski definition) is 3. The highest BCUT2D eigenvalue weighted by molar-refractivity contribution is 5.44. The van der Waals surface area contributed by atoms with Crippen LogP contribution in [0.4, 0.5) is 0 Å². The van der Waals surface area contributed by atoms with Crippen molar-refractivity contribution in [3.05, 3.63) is 23.8 Å². The average molecular weight is 223 g/mol. The van der Waals surface area contributed by atoms with Crippen molar-refractivity contribution in [3.8, 4) is 11.5 Å². The Morgan fingerprint density at radius 1 is 1.00 bits per heavy atom. The van der Waals surface area contributed by atoms with Gasteiger partial charge in [-0.1, -0.05) is 12.5 Å². The summed E-state index contributed by atoms with van der Waals surface area (Å²) in [6.07, 6.45) is 4.33. The minimum absolute atomic E-state index is 0.767. The second kappa shape index (κ2) is 7.12. The predicted octanol–water partition coefficient (Wildman–Crippen LogP) is 2.38. The Bertz CT molecular complexity index is 291. The summed E-state index contributed by atoms with van der Waals surface area (Å²) in [5.41, 5.74) is 6.63. The van der Waals surface area contributed by atoms with E-state index in [0.717, 1.165) is 49.3 Å². The van der Waals surface area contributed by atoms with Gasteiger partial charge in [-0.3, -0.25) is 0 Å². The molecular weight excluding hydrogens is 202 g/mol. The van der Waals surface area contributed by atoms with Crippen LogP contribution >= 0.6 is 0 Å². The zero-order valence-electron chi connectivity index (χ0n) is 10.2. The van der Waals surface area contributed by atoms with E-state index in [-0.39, 0.29) is 0 Å². The zero-order chi connectivity index (χ0) is 11.8. The Labute approximate surface area is 97.6 Å². The number of nitrogens with two attached hydrogens (primary N) is 1. The second-order valence-electron chi connectivity index (χ2n) is 3.74. The first-order valence-corrected chi connectivity index (χ1v) is 5.73. The van der Waals surface area contributed by atoms with Gasteiger partial charge in [0, 0.05) is 5.56 Å². The Morgan fingerprint density at radius 3 is 2.12 bits per heavy atom. The third-order valence-corrected chi connectivity index (χ3v) is 2.66. The lowest BCUT2D eigenvalue weighted by Crippen LogP contribution is -2.00. The van der Waals surface area contributed by atoms with Gasteiger partial charge in [-0.2, -0.15) is 0 Å². The van der Waals surface area contributed by atoms with Crippen molar-refractivity contribution in [1.82, 2.24) is 0 Å². The SMILES string of the molecule is COc1cccc(OC)c1CCCCCN. The van der Waals surface area contributed by atoms with Crippen LogP contribution in [0.2, 0.25) is 0 Å². The molecule has 0 radical (unpaired) electrons. The monoisotopic (exact) mass is 223 g/mol. The van der Waals surface area contributed by atoms with Gasteiger partial charge < -0.3 is 15.2 Å². The molecule has 1 rings (SSSR count). The van der Waals surface area contributed by atoms with E-state index in [1.54, 1.807) is 14.2 Å². The maximum atomic E-state index is 5.47. The van der Waals surface area contributed by atoms with E-state index < -0.39 is 0 Å². The molecule has 2 N–H and O–H groups in total. The highest BCUT2D eigenvalue weighted by Crippen LogP contribution is 2.29. The van der Waals surface area contributed by atoms with Crippen LogP contribution in [0.5, 0.6) is 11.5 Å². The van der Waals surface area contributed by atoms with E-state index in [1.807, 2.05) is 18.2 Å². The first-order chi connectivity index (χ1) is 7.83. The molecule has 0 saturated heterocycles. The summed E-state index contributed by atoms with van der Waals surface area (Å²) in [7, 11) is 3.39. The Balaban J connectivity index is 2.67. The minimum atomic E-state index is 0.767. The summed E-state index contributed by atoms with van der Waals surface area (Å²) in [6, 6.07) is 5.89. The van der Waals surface area contributed by atoms with E-state index in [0.29, 0.717) is 0 Å². The molecule has 3 heteroatoms. The fraction of sp³-hybridized carbons (Fsp3) is 0.538. The smallest absolute Gasteiger partial charge is 0.125 e. The highest BCUT2D eigenvalue weighted by Gasteiger charge is 2.08. The summed E-state index contributed by atoms with van der Waals surface area (Å²) in [6.45, 7) is 0.767. The molecule has 0 aliphatic carbocycles. The second-order valence-corrected chi connectivity index (χ2v) is 3.74. The number of benzene rings is 1. The molecule has 0 unspecified atom stereocenters. The largest absolute Gasteiger partial charge is 0.496 e. The minimum Gasteiger partial charge on any atom is -0.496 e. The first kappa shape index (κ1) is 12.8. The summed E-state index contributed by atoms with van der Waals surface area (Å²) >= 11 is 0. The summed E-state index contributed by atoms with van der Waals surface area (Å²) in [5.74, 6) is 1.82. The van der Waals surface area contributed by atoms with Crippen molar-refractivity contribution in [2.45, 2.75) is 25.7 Å². The van der Waals surface area contributed by atoms with Crippen molar-refractivity contribution in [3.63, 3.8) is 0 Å². The van der Waals surface area contributed by atoms with Gasteiger partial charge in [0.1, 0.15) is 11.5 Å². The zero-order valence-corrected chi connectivity index (χ0v) is 10.2. The molecule has 0 aliphatic rings. The van der Waals surface area contributed by atoms with Gasteiger partial charge in [-0.25, -0.2) is 0 Å². The lowest BCUT2D eigenvalue weighted by molar-refractivity contribution is 0.384. The molecule has 0 bridgehead atoms. The van der Waals surface area contributed by atoms with Crippen molar-refractivity contribution in [2.75, 3.05) is 20.8 Å². The van der Waals surface area contributed by atoms with Crippen LogP contribution in [0.3, 0.4) is 0 Å². The number of rotatable bonds is 7. The molecule has 3 nitrogen and oxygen atoms in total. The van der Waals surface area contributed by atoms with Crippen molar-refractivity contribution in [2.24, 2.45) is 5.73 Å². The first-order valence-electron chi connectivity index (χ1n) is 5.73. The molecule has 1 aromatic carbocycles. The highest BCUT2D eigenvalue weighted by atomic mass is 16.5. The molecule has 0 spiro atoms. The van der Waals surface area contributed by atoms with E-state index in [4.69, 9.17) is 15.2 Å². The van der Waals surface area contributed by atoms with Gasteiger partial charge in [-0.15, -0.1) is 0 Å². The van der Waals surface area contributed by atoms with Crippen molar-refractivity contribution in [1.29, 1.82) is 0 Å². The van der Waals surface area contributed by atoms with Crippen LogP contribution in [0.1, 0.15) is 24.8 Å². The number of unbranched alkanes of at least 4 members (excludes halogenated alkanes) is 2. The number of ether oxygens (including phenoxy) is 2. The molecule has 0 atom stereocenters. The predicted molar refractivity (Wildman–Crippen MR) is 66.2 cm³/mol. The molecule has 90 valence electrons. The molecule has 0 heterocycles. The molecular formula is C13H21NO2. The lowest BCUT2D eigenvalue weighted by atomic mass is 10.0. The quantitative estimate of drug-likeness (QED) is 0.722. The van der Waals surface area contributed by atoms with Gasteiger partial charge in [0.2, 0.25) is 0 Å². The standard InChI is InChI=1S/C13H21NO2/c1-15-12-8-6-9-13(16-2)11(12)7-4-3-5-10-14/h6,8-9H,3-5,7,10,14H2,1-2H3. The molecule has 0 aliphatic heterocycles. The summed E-state index contributed by atoms with van der Waals surface area (Å²) in [4.78, 5) is 0.